The lowest BCUT2D eigenvalue weighted by Gasteiger charge is -2.48. The molecule has 3 aromatic heterocycles. The van der Waals surface area contributed by atoms with E-state index in [-0.39, 0.29) is 35.2 Å². The summed E-state index contributed by atoms with van der Waals surface area (Å²) in [6, 6.07) is 4.69. The van der Waals surface area contributed by atoms with E-state index in [1.165, 1.54) is 58.0 Å². The third kappa shape index (κ3) is 4.46. The van der Waals surface area contributed by atoms with Gasteiger partial charge in [0.05, 0.1) is 23.1 Å². The van der Waals surface area contributed by atoms with Gasteiger partial charge in [-0.05, 0) is 58.0 Å². The van der Waals surface area contributed by atoms with Crippen molar-refractivity contribution in [2.24, 2.45) is 0 Å². The van der Waals surface area contributed by atoms with Crippen LogP contribution in [0.2, 0.25) is 0 Å². The number of fused-ring (bicyclic) bond motifs is 1. The highest BCUT2D eigenvalue weighted by molar-refractivity contribution is 6.04. The van der Waals surface area contributed by atoms with Crippen LogP contribution in [-0.4, -0.2) is 65.4 Å². The van der Waals surface area contributed by atoms with Crippen molar-refractivity contribution < 1.29 is 27.2 Å². The molecule has 0 bridgehead atoms. The first-order valence-electron chi connectivity index (χ1n) is 12.8. The van der Waals surface area contributed by atoms with Crippen molar-refractivity contribution in [3.05, 3.63) is 48.7 Å². The predicted octanol–water partition coefficient (Wildman–Crippen LogP) is 4.47. The zero-order chi connectivity index (χ0) is 30.0. The molecule has 1 fully saturated rings. The summed E-state index contributed by atoms with van der Waals surface area (Å²) in [5.41, 5.74) is 6.40. The molecule has 1 aromatic carbocycles. The zero-order valence-corrected chi connectivity index (χ0v) is 22.9. The minimum Gasteiger partial charge on any atom is -0.382 e. The summed E-state index contributed by atoms with van der Waals surface area (Å²) in [5.74, 6) is -1.37. The molecule has 2 amide bonds. The molecule has 2 atom stereocenters. The fourth-order valence-electron chi connectivity index (χ4n) is 5.35. The largest absolute Gasteiger partial charge is 0.410 e. The normalized spacial score (nSPS) is 18.3. The third-order valence-electron chi connectivity index (χ3n) is 7.56. The number of carbonyl (C=O) groups is 2. The Kier molecular flexibility index (Phi) is 6.54. The van der Waals surface area contributed by atoms with Crippen molar-refractivity contribution in [1.29, 1.82) is 0 Å². The number of aromatic nitrogens is 5. The summed E-state index contributed by atoms with van der Waals surface area (Å²) < 4.78 is 58.4. The van der Waals surface area contributed by atoms with E-state index in [0.717, 1.165) is 11.6 Å². The smallest absolute Gasteiger partial charge is 0.382 e. The van der Waals surface area contributed by atoms with Crippen LogP contribution >= 0.6 is 0 Å². The molecule has 14 heteroatoms. The van der Waals surface area contributed by atoms with Gasteiger partial charge in [-0.3, -0.25) is 14.3 Å². The Morgan fingerprint density at radius 2 is 1.85 bits per heavy atom. The van der Waals surface area contributed by atoms with Gasteiger partial charge in [-0.2, -0.15) is 23.4 Å². The number of rotatable bonds is 4. The Bertz CT molecular complexity index is 1680. The van der Waals surface area contributed by atoms with E-state index in [9.17, 15) is 22.8 Å². The van der Waals surface area contributed by atoms with Crippen LogP contribution in [-0.2, 0) is 9.59 Å². The number of piperazine rings is 1. The van der Waals surface area contributed by atoms with E-state index in [1.54, 1.807) is 26.8 Å². The summed E-state index contributed by atoms with van der Waals surface area (Å²) in [6.45, 7) is 7.50. The highest BCUT2D eigenvalue weighted by atomic mass is 19.4. The Labute approximate surface area is 232 Å². The molecule has 0 saturated carbocycles. The second-order valence-electron chi connectivity index (χ2n) is 10.6. The summed E-state index contributed by atoms with van der Waals surface area (Å²) >= 11 is 0. The minimum atomic E-state index is -4.56. The Balaban J connectivity index is 1.67. The molecular weight excluding hydrogens is 544 g/mol. The Morgan fingerprint density at radius 3 is 2.51 bits per heavy atom. The van der Waals surface area contributed by atoms with Crippen LogP contribution in [0.25, 0.3) is 28.0 Å². The van der Waals surface area contributed by atoms with Crippen molar-refractivity contribution in [2.75, 3.05) is 17.2 Å². The summed E-state index contributed by atoms with van der Waals surface area (Å²) in [5, 5.41) is 8.17. The van der Waals surface area contributed by atoms with Crippen LogP contribution in [0.3, 0.4) is 0 Å². The molecule has 4 heterocycles. The van der Waals surface area contributed by atoms with Crippen molar-refractivity contribution in [2.45, 2.75) is 58.4 Å². The van der Waals surface area contributed by atoms with Gasteiger partial charge in [-0.15, -0.1) is 0 Å². The van der Waals surface area contributed by atoms with Gasteiger partial charge in [0.25, 0.3) is 5.91 Å². The van der Waals surface area contributed by atoms with E-state index in [0.29, 0.717) is 16.8 Å². The summed E-state index contributed by atoms with van der Waals surface area (Å²) in [4.78, 5) is 32.6. The maximum absolute atomic E-state index is 15.3. The number of nitrogen functional groups attached to an aromatic ring is 1. The van der Waals surface area contributed by atoms with Crippen LogP contribution in [0.1, 0.15) is 40.7 Å². The molecule has 1 saturated heterocycles. The van der Waals surface area contributed by atoms with Crippen LogP contribution < -0.4 is 10.6 Å². The molecule has 0 spiro atoms. The standard InChI is InChI=1S/C27H28F4N8O2/c1-14-12-36(16(3)40)26(4,5)25(41)37(14)22-10-17(6-7-19(22)28)21-11-18(23-24(32)33-13-35-39(21)23)20-8-9-34-38(20)15(2)27(29,30)31/h6-11,13-15H,12H2,1-5H3,(H2,32,33,35)/t14-,15?/m0/s1. The van der Waals surface area contributed by atoms with E-state index in [1.807, 2.05) is 0 Å². The van der Waals surface area contributed by atoms with E-state index in [2.05, 4.69) is 15.2 Å². The van der Waals surface area contributed by atoms with Crippen LogP contribution in [0.15, 0.2) is 42.9 Å². The van der Waals surface area contributed by atoms with Crippen molar-refractivity contribution in [3.63, 3.8) is 0 Å². The van der Waals surface area contributed by atoms with Gasteiger partial charge in [0.1, 0.15) is 29.2 Å². The number of hydrogen-bond donors (Lipinski definition) is 1. The van der Waals surface area contributed by atoms with Crippen LogP contribution in [0.4, 0.5) is 29.1 Å². The average Bonchev–Trinajstić information content (AvgIpc) is 3.52. The highest BCUT2D eigenvalue weighted by Crippen LogP contribution is 2.40. The number of anilines is 2. The zero-order valence-electron chi connectivity index (χ0n) is 22.9. The van der Waals surface area contributed by atoms with Crippen LogP contribution in [0.5, 0.6) is 0 Å². The van der Waals surface area contributed by atoms with Gasteiger partial charge in [0, 0.05) is 30.8 Å². The van der Waals surface area contributed by atoms with Gasteiger partial charge < -0.3 is 15.5 Å². The number of amides is 2. The van der Waals surface area contributed by atoms with E-state index < -0.39 is 35.5 Å². The number of nitrogens with two attached hydrogens (primary N) is 1. The van der Waals surface area contributed by atoms with E-state index in [4.69, 9.17) is 5.73 Å². The number of carbonyl (C=O) groups excluding carboxylic acids is 2. The number of benzene rings is 1. The lowest BCUT2D eigenvalue weighted by molar-refractivity contribution is -0.165. The number of halogens is 4. The first kappa shape index (κ1) is 28.1. The Hall–Kier alpha value is -4.49. The van der Waals surface area contributed by atoms with Crippen molar-refractivity contribution >= 4 is 28.8 Å². The van der Waals surface area contributed by atoms with Crippen molar-refractivity contribution in [1.82, 2.24) is 29.3 Å². The molecule has 10 nitrogen and oxygen atoms in total. The molecule has 5 rings (SSSR count). The van der Waals surface area contributed by atoms with Gasteiger partial charge in [-0.25, -0.2) is 13.9 Å². The van der Waals surface area contributed by atoms with Crippen molar-refractivity contribution in [3.8, 4) is 22.5 Å². The molecule has 0 aliphatic carbocycles. The summed E-state index contributed by atoms with van der Waals surface area (Å²) in [6.07, 6.45) is -2.10. The average molecular weight is 573 g/mol. The molecule has 1 unspecified atom stereocenters. The third-order valence-corrected chi connectivity index (χ3v) is 7.56. The van der Waals surface area contributed by atoms with E-state index >= 15 is 4.39 Å². The molecule has 1 aliphatic heterocycles. The minimum absolute atomic E-state index is 0.00876. The first-order valence-corrected chi connectivity index (χ1v) is 12.8. The predicted molar refractivity (Wildman–Crippen MR) is 143 cm³/mol. The maximum Gasteiger partial charge on any atom is 0.410 e. The first-order chi connectivity index (χ1) is 19.1. The molecule has 0 radical (unpaired) electrons. The maximum atomic E-state index is 15.3. The number of hydrogen-bond acceptors (Lipinski definition) is 6. The molecular formula is C27H28F4N8O2. The lowest BCUT2D eigenvalue weighted by atomic mass is 9.93. The number of alkyl halides is 3. The lowest BCUT2D eigenvalue weighted by Crippen LogP contribution is -2.67. The monoisotopic (exact) mass is 572 g/mol. The second-order valence-corrected chi connectivity index (χ2v) is 10.6. The number of nitrogens with zero attached hydrogens (tertiary/aromatic N) is 7. The van der Waals surface area contributed by atoms with Gasteiger partial charge in [-0.1, -0.05) is 0 Å². The Morgan fingerprint density at radius 1 is 1.15 bits per heavy atom. The molecule has 41 heavy (non-hydrogen) atoms. The SMILES string of the molecule is CC(=O)N1C[C@H](C)N(c2cc(-c3cc(-c4ccnn4C(C)C(F)(F)F)c4c(N)ncnn34)ccc2F)C(=O)C1(C)C. The topological polar surface area (TPSA) is 115 Å². The fourth-order valence-corrected chi connectivity index (χ4v) is 5.35. The summed E-state index contributed by atoms with van der Waals surface area (Å²) in [7, 11) is 0. The van der Waals surface area contributed by atoms with Gasteiger partial charge >= 0.3 is 6.18 Å². The second kappa shape index (κ2) is 9.56. The molecule has 4 aromatic rings. The quantitative estimate of drug-likeness (QED) is 0.361. The molecule has 216 valence electrons. The van der Waals surface area contributed by atoms with Gasteiger partial charge in [0.15, 0.2) is 5.82 Å². The fraction of sp³-hybridized carbons (Fsp3) is 0.370. The van der Waals surface area contributed by atoms with Crippen LogP contribution in [0, 0.1) is 5.82 Å². The van der Waals surface area contributed by atoms with Gasteiger partial charge in [0.2, 0.25) is 5.91 Å². The molecule has 2 N–H and O–H groups in total. The molecule has 1 aliphatic rings. The highest BCUT2D eigenvalue weighted by Gasteiger charge is 2.47.